The number of nitrogens with zero attached hydrogens (tertiary/aromatic N) is 1. The number of hydrogen-bond acceptors (Lipinski definition) is 4. The average molecular weight is 233 g/mol. The van der Waals surface area contributed by atoms with Crippen LogP contribution in [0.5, 0.6) is 0 Å². The minimum Gasteiger partial charge on any atom is -0.373 e. The van der Waals surface area contributed by atoms with E-state index in [0.717, 1.165) is 19.5 Å². The van der Waals surface area contributed by atoms with Gasteiger partial charge in [-0.05, 0) is 20.3 Å². The van der Waals surface area contributed by atoms with Gasteiger partial charge in [-0.3, -0.25) is 4.90 Å². The standard InChI is InChI=1S/C10H19NO3S/c1-8-5-11(6-9(2)14-8)10-3-4-15(12,13)7-10/h8-10H,3-7H2,1-2H3. The molecule has 5 heteroatoms. The quantitative estimate of drug-likeness (QED) is 0.653. The number of ether oxygens (including phenoxy) is 1. The average Bonchev–Trinajstić information content (AvgIpc) is 2.44. The number of sulfone groups is 1. The lowest BCUT2D eigenvalue weighted by Gasteiger charge is -2.38. The van der Waals surface area contributed by atoms with Crippen molar-refractivity contribution in [3.05, 3.63) is 0 Å². The first-order valence-corrected chi connectivity index (χ1v) is 7.38. The van der Waals surface area contributed by atoms with Crippen LogP contribution in [0.25, 0.3) is 0 Å². The third-order valence-corrected chi connectivity index (χ3v) is 4.92. The van der Waals surface area contributed by atoms with E-state index in [1.54, 1.807) is 0 Å². The van der Waals surface area contributed by atoms with Crippen LogP contribution in [0.2, 0.25) is 0 Å². The molecule has 2 aliphatic heterocycles. The second-order valence-corrected chi connectivity index (χ2v) is 7.00. The van der Waals surface area contributed by atoms with E-state index in [1.807, 2.05) is 13.8 Å². The number of morpholine rings is 1. The van der Waals surface area contributed by atoms with Gasteiger partial charge in [-0.15, -0.1) is 0 Å². The predicted molar refractivity (Wildman–Crippen MR) is 58.6 cm³/mol. The Morgan fingerprint density at radius 1 is 1.20 bits per heavy atom. The third-order valence-electron chi connectivity index (χ3n) is 3.17. The van der Waals surface area contributed by atoms with Crippen molar-refractivity contribution < 1.29 is 13.2 Å². The molecule has 0 N–H and O–H groups in total. The Balaban J connectivity index is 1.99. The zero-order valence-corrected chi connectivity index (χ0v) is 10.2. The maximum absolute atomic E-state index is 11.4. The monoisotopic (exact) mass is 233 g/mol. The van der Waals surface area contributed by atoms with Gasteiger partial charge in [-0.25, -0.2) is 8.42 Å². The maximum Gasteiger partial charge on any atom is 0.151 e. The first-order valence-electron chi connectivity index (χ1n) is 5.56. The van der Waals surface area contributed by atoms with E-state index in [2.05, 4.69) is 4.90 Å². The van der Waals surface area contributed by atoms with Crippen LogP contribution in [0.4, 0.5) is 0 Å². The fourth-order valence-corrected chi connectivity index (χ4v) is 4.34. The fraction of sp³-hybridized carbons (Fsp3) is 1.00. The zero-order valence-electron chi connectivity index (χ0n) is 9.35. The molecule has 15 heavy (non-hydrogen) atoms. The molecule has 0 aromatic heterocycles. The Morgan fingerprint density at radius 2 is 1.80 bits per heavy atom. The lowest BCUT2D eigenvalue weighted by atomic mass is 10.1. The molecule has 2 fully saturated rings. The molecular weight excluding hydrogens is 214 g/mol. The smallest absolute Gasteiger partial charge is 0.151 e. The molecule has 0 aromatic carbocycles. The van der Waals surface area contributed by atoms with E-state index in [-0.39, 0.29) is 18.2 Å². The van der Waals surface area contributed by atoms with E-state index in [4.69, 9.17) is 4.74 Å². The molecule has 2 heterocycles. The molecule has 0 spiro atoms. The molecule has 0 amide bonds. The molecule has 3 unspecified atom stereocenters. The van der Waals surface area contributed by atoms with Gasteiger partial charge in [0.1, 0.15) is 0 Å². The van der Waals surface area contributed by atoms with Crippen molar-refractivity contribution in [2.45, 2.75) is 38.5 Å². The molecule has 0 saturated carbocycles. The highest BCUT2D eigenvalue weighted by Crippen LogP contribution is 2.21. The van der Waals surface area contributed by atoms with Crippen LogP contribution in [0.3, 0.4) is 0 Å². The summed E-state index contributed by atoms with van der Waals surface area (Å²) in [5.74, 6) is 0.699. The van der Waals surface area contributed by atoms with Crippen molar-refractivity contribution in [1.82, 2.24) is 4.90 Å². The Morgan fingerprint density at radius 3 is 2.27 bits per heavy atom. The van der Waals surface area contributed by atoms with Gasteiger partial charge in [0, 0.05) is 19.1 Å². The molecule has 4 nitrogen and oxygen atoms in total. The molecule has 88 valence electrons. The Hall–Kier alpha value is -0.130. The van der Waals surface area contributed by atoms with Gasteiger partial charge in [0.2, 0.25) is 0 Å². The molecule has 0 aromatic rings. The first kappa shape index (κ1) is 11.4. The second-order valence-electron chi connectivity index (χ2n) is 4.77. The van der Waals surface area contributed by atoms with Crippen molar-refractivity contribution in [3.8, 4) is 0 Å². The summed E-state index contributed by atoms with van der Waals surface area (Å²) in [6.45, 7) is 5.83. The van der Waals surface area contributed by atoms with Gasteiger partial charge in [-0.1, -0.05) is 0 Å². The van der Waals surface area contributed by atoms with Crippen molar-refractivity contribution in [2.75, 3.05) is 24.6 Å². The van der Waals surface area contributed by atoms with E-state index >= 15 is 0 Å². The van der Waals surface area contributed by atoms with Crippen LogP contribution in [0, 0.1) is 0 Å². The fourth-order valence-electron chi connectivity index (χ4n) is 2.58. The van der Waals surface area contributed by atoms with Crippen LogP contribution >= 0.6 is 0 Å². The van der Waals surface area contributed by atoms with E-state index in [0.29, 0.717) is 11.5 Å². The van der Waals surface area contributed by atoms with Gasteiger partial charge in [0.15, 0.2) is 9.84 Å². The summed E-state index contributed by atoms with van der Waals surface area (Å²) in [7, 11) is -2.76. The van der Waals surface area contributed by atoms with Crippen molar-refractivity contribution in [2.24, 2.45) is 0 Å². The Kier molecular flexibility index (Phi) is 3.05. The van der Waals surface area contributed by atoms with Crippen LogP contribution in [-0.4, -0.2) is 56.2 Å². The molecule has 2 saturated heterocycles. The summed E-state index contributed by atoms with van der Waals surface area (Å²) in [5.41, 5.74) is 0. The van der Waals surface area contributed by atoms with Crippen LogP contribution in [0.15, 0.2) is 0 Å². The number of rotatable bonds is 1. The molecule has 2 aliphatic rings. The summed E-state index contributed by atoms with van der Waals surface area (Å²) >= 11 is 0. The Labute approximate surface area is 91.5 Å². The van der Waals surface area contributed by atoms with Gasteiger partial charge in [0.25, 0.3) is 0 Å². The molecule has 2 rings (SSSR count). The maximum atomic E-state index is 11.4. The largest absolute Gasteiger partial charge is 0.373 e. The highest BCUT2D eigenvalue weighted by molar-refractivity contribution is 7.91. The lowest BCUT2D eigenvalue weighted by Crippen LogP contribution is -2.50. The summed E-state index contributed by atoms with van der Waals surface area (Å²) in [5, 5.41) is 0. The molecule has 0 aliphatic carbocycles. The van der Waals surface area contributed by atoms with Crippen LogP contribution < -0.4 is 0 Å². The Bertz CT molecular complexity index is 318. The molecule has 0 bridgehead atoms. The van der Waals surface area contributed by atoms with Gasteiger partial charge >= 0.3 is 0 Å². The van der Waals surface area contributed by atoms with E-state index in [9.17, 15) is 8.42 Å². The van der Waals surface area contributed by atoms with Crippen LogP contribution in [-0.2, 0) is 14.6 Å². The summed E-state index contributed by atoms with van der Waals surface area (Å²) in [6.07, 6.45) is 1.23. The number of hydrogen-bond donors (Lipinski definition) is 0. The van der Waals surface area contributed by atoms with E-state index < -0.39 is 9.84 Å². The molecular formula is C10H19NO3S. The van der Waals surface area contributed by atoms with Gasteiger partial charge in [0.05, 0.1) is 23.7 Å². The molecule has 3 atom stereocenters. The third kappa shape index (κ3) is 2.71. The van der Waals surface area contributed by atoms with Crippen molar-refractivity contribution >= 4 is 9.84 Å². The topological polar surface area (TPSA) is 46.6 Å². The normalized spacial score (nSPS) is 41.9. The zero-order chi connectivity index (χ0) is 11.1. The minimum atomic E-state index is -2.76. The predicted octanol–water partition coefficient (Wildman–Crippen LogP) is 0.283. The SMILES string of the molecule is CC1CN(C2CCS(=O)(=O)C2)CC(C)O1. The molecule has 0 radical (unpaired) electrons. The lowest BCUT2D eigenvalue weighted by molar-refractivity contribution is -0.0775. The van der Waals surface area contributed by atoms with Crippen molar-refractivity contribution in [1.29, 1.82) is 0 Å². The first-order chi connectivity index (χ1) is 6.96. The van der Waals surface area contributed by atoms with E-state index in [1.165, 1.54) is 0 Å². The summed E-state index contributed by atoms with van der Waals surface area (Å²) < 4.78 is 28.4. The summed E-state index contributed by atoms with van der Waals surface area (Å²) in [6, 6.07) is 0.226. The van der Waals surface area contributed by atoms with Gasteiger partial charge in [-0.2, -0.15) is 0 Å². The van der Waals surface area contributed by atoms with Gasteiger partial charge < -0.3 is 4.74 Å². The summed E-state index contributed by atoms with van der Waals surface area (Å²) in [4.78, 5) is 2.28. The highest BCUT2D eigenvalue weighted by atomic mass is 32.2. The minimum absolute atomic E-state index is 0.219. The second kappa shape index (κ2) is 4.03. The van der Waals surface area contributed by atoms with Crippen molar-refractivity contribution in [3.63, 3.8) is 0 Å². The highest BCUT2D eigenvalue weighted by Gasteiger charge is 2.35. The van der Waals surface area contributed by atoms with Crippen LogP contribution in [0.1, 0.15) is 20.3 Å².